The van der Waals surface area contributed by atoms with E-state index in [-0.39, 0.29) is 17.4 Å². The van der Waals surface area contributed by atoms with Crippen LogP contribution in [0, 0.1) is 35.0 Å². The number of carbonyl (C=O) groups is 1. The normalized spacial score (nSPS) is 39.8. The SMILES string of the molecule is O=C(CCC[C@@H]1[C@H]2CCCN3CCC[C@@H](CN1S(=O)(=O)c1ccccc1)[C@@H]23)OCC12CC3CC(CC(C3)C1)C2. The van der Waals surface area contributed by atoms with E-state index in [9.17, 15) is 13.2 Å². The third kappa shape index (κ3) is 4.99. The molecule has 3 saturated heterocycles. The Hall–Kier alpha value is -1.44. The molecule has 4 atom stereocenters. The molecule has 7 heteroatoms. The second-order valence-electron chi connectivity index (χ2n) is 14.2. The highest BCUT2D eigenvalue weighted by Crippen LogP contribution is 2.60. The molecular weight excluding hydrogens is 508 g/mol. The summed E-state index contributed by atoms with van der Waals surface area (Å²) in [6, 6.07) is 9.41. The first-order valence-electron chi connectivity index (χ1n) is 15.9. The van der Waals surface area contributed by atoms with Gasteiger partial charge < -0.3 is 4.74 Å². The summed E-state index contributed by atoms with van der Waals surface area (Å²) in [4.78, 5) is 16.0. The smallest absolute Gasteiger partial charge is 0.305 e. The lowest BCUT2D eigenvalue weighted by Gasteiger charge is -2.57. The number of esters is 1. The molecule has 7 fully saturated rings. The maximum atomic E-state index is 14.0. The fourth-order valence-corrected chi connectivity index (χ4v) is 12.3. The second kappa shape index (κ2) is 10.4. The number of carbonyl (C=O) groups excluding carboxylic acids is 1. The Labute approximate surface area is 234 Å². The van der Waals surface area contributed by atoms with E-state index in [0.717, 1.165) is 62.9 Å². The zero-order valence-electron chi connectivity index (χ0n) is 23.4. The fraction of sp³-hybridized carbons (Fsp3) is 0.781. The summed E-state index contributed by atoms with van der Waals surface area (Å²) < 4.78 is 35.7. The number of benzene rings is 1. The Balaban J connectivity index is 1.03. The van der Waals surface area contributed by atoms with Crippen molar-refractivity contribution < 1.29 is 17.9 Å². The average molecular weight is 555 g/mol. The molecule has 8 rings (SSSR count). The molecule has 0 radical (unpaired) electrons. The van der Waals surface area contributed by atoms with Crippen molar-refractivity contribution in [3.05, 3.63) is 30.3 Å². The van der Waals surface area contributed by atoms with Gasteiger partial charge >= 0.3 is 5.97 Å². The molecule has 6 nitrogen and oxygen atoms in total. The molecule has 3 heterocycles. The molecule has 4 aliphatic carbocycles. The number of hydrogen-bond donors (Lipinski definition) is 0. The van der Waals surface area contributed by atoms with Crippen molar-refractivity contribution in [2.45, 2.75) is 100 Å². The summed E-state index contributed by atoms with van der Waals surface area (Å²) in [7, 11) is -3.59. The summed E-state index contributed by atoms with van der Waals surface area (Å²) in [6.07, 6.45) is 14.3. The largest absolute Gasteiger partial charge is 0.465 e. The van der Waals surface area contributed by atoms with Gasteiger partial charge in [-0.2, -0.15) is 4.31 Å². The van der Waals surface area contributed by atoms with Gasteiger partial charge in [-0.25, -0.2) is 8.42 Å². The van der Waals surface area contributed by atoms with Crippen LogP contribution in [-0.4, -0.2) is 61.9 Å². The molecule has 7 aliphatic rings. The number of rotatable bonds is 8. The van der Waals surface area contributed by atoms with E-state index in [1.807, 2.05) is 22.5 Å². The first-order valence-corrected chi connectivity index (χ1v) is 17.3. The number of hydrogen-bond acceptors (Lipinski definition) is 5. The van der Waals surface area contributed by atoms with Crippen LogP contribution >= 0.6 is 0 Å². The van der Waals surface area contributed by atoms with E-state index in [1.165, 1.54) is 38.5 Å². The topological polar surface area (TPSA) is 66.9 Å². The van der Waals surface area contributed by atoms with Crippen molar-refractivity contribution in [2.24, 2.45) is 35.0 Å². The average Bonchev–Trinajstić information content (AvgIpc) is 2.93. The van der Waals surface area contributed by atoms with Crippen LogP contribution in [0.2, 0.25) is 0 Å². The van der Waals surface area contributed by atoms with Crippen LogP contribution < -0.4 is 0 Å². The lowest BCUT2D eigenvalue weighted by Crippen LogP contribution is -2.65. The molecule has 214 valence electrons. The molecule has 4 bridgehead atoms. The number of sulfonamides is 1. The van der Waals surface area contributed by atoms with Gasteiger partial charge in [-0.15, -0.1) is 0 Å². The van der Waals surface area contributed by atoms with E-state index in [2.05, 4.69) is 4.90 Å². The maximum Gasteiger partial charge on any atom is 0.305 e. The third-order valence-electron chi connectivity index (χ3n) is 11.6. The van der Waals surface area contributed by atoms with Gasteiger partial charge in [-0.05, 0) is 132 Å². The van der Waals surface area contributed by atoms with Gasteiger partial charge in [-0.3, -0.25) is 9.69 Å². The van der Waals surface area contributed by atoms with Crippen LogP contribution in [0.15, 0.2) is 35.2 Å². The molecule has 39 heavy (non-hydrogen) atoms. The molecule has 0 spiro atoms. The van der Waals surface area contributed by atoms with Gasteiger partial charge in [0.25, 0.3) is 0 Å². The highest BCUT2D eigenvalue weighted by atomic mass is 32.2. The lowest BCUT2D eigenvalue weighted by molar-refractivity contribution is -0.155. The number of piperidine rings is 3. The predicted molar refractivity (Wildman–Crippen MR) is 150 cm³/mol. The van der Waals surface area contributed by atoms with E-state index in [4.69, 9.17) is 4.74 Å². The van der Waals surface area contributed by atoms with Gasteiger partial charge in [0.15, 0.2) is 0 Å². The van der Waals surface area contributed by atoms with Gasteiger partial charge in [0.2, 0.25) is 10.0 Å². The summed E-state index contributed by atoms with van der Waals surface area (Å²) in [5.74, 6) is 3.25. The van der Waals surface area contributed by atoms with Crippen molar-refractivity contribution >= 4 is 16.0 Å². The molecule has 3 aliphatic heterocycles. The Morgan fingerprint density at radius 1 is 0.949 bits per heavy atom. The summed E-state index contributed by atoms with van der Waals surface area (Å²) in [5, 5.41) is 0. The van der Waals surface area contributed by atoms with Gasteiger partial charge in [0.05, 0.1) is 11.5 Å². The molecule has 1 aromatic carbocycles. The van der Waals surface area contributed by atoms with Gasteiger partial charge in [0.1, 0.15) is 0 Å². The monoisotopic (exact) mass is 554 g/mol. The van der Waals surface area contributed by atoms with Crippen LogP contribution in [0.4, 0.5) is 0 Å². The summed E-state index contributed by atoms with van der Waals surface area (Å²) in [6.45, 7) is 3.50. The third-order valence-corrected chi connectivity index (χ3v) is 13.5. The van der Waals surface area contributed by atoms with Gasteiger partial charge in [-0.1, -0.05) is 18.2 Å². The predicted octanol–water partition coefficient (Wildman–Crippen LogP) is 5.48. The molecule has 0 N–H and O–H groups in total. The second-order valence-corrected chi connectivity index (χ2v) is 16.1. The lowest BCUT2D eigenvalue weighted by atomic mass is 9.50. The minimum Gasteiger partial charge on any atom is -0.465 e. The van der Waals surface area contributed by atoms with Crippen molar-refractivity contribution in [2.75, 3.05) is 26.2 Å². The van der Waals surface area contributed by atoms with Crippen LogP contribution in [0.3, 0.4) is 0 Å². The Morgan fingerprint density at radius 3 is 2.31 bits per heavy atom. The van der Waals surface area contributed by atoms with Crippen LogP contribution in [0.5, 0.6) is 0 Å². The van der Waals surface area contributed by atoms with Crippen LogP contribution in [0.1, 0.15) is 83.5 Å². The fourth-order valence-electron chi connectivity index (χ4n) is 10.5. The number of nitrogens with zero attached hydrogens (tertiary/aromatic N) is 2. The van der Waals surface area contributed by atoms with Crippen molar-refractivity contribution in [3.63, 3.8) is 0 Å². The quantitative estimate of drug-likeness (QED) is 0.398. The molecular formula is C32H46N2O4S. The summed E-state index contributed by atoms with van der Waals surface area (Å²) in [5.41, 5.74) is 0.246. The Morgan fingerprint density at radius 2 is 1.62 bits per heavy atom. The molecule has 1 aromatic rings. The highest BCUT2D eigenvalue weighted by Gasteiger charge is 2.52. The Kier molecular flexibility index (Phi) is 7.08. The van der Waals surface area contributed by atoms with Crippen molar-refractivity contribution in [1.82, 2.24) is 9.21 Å². The van der Waals surface area contributed by atoms with E-state index < -0.39 is 10.0 Å². The first kappa shape index (κ1) is 26.5. The van der Waals surface area contributed by atoms with Crippen LogP contribution in [0.25, 0.3) is 0 Å². The number of ether oxygens (including phenoxy) is 1. The molecule has 0 amide bonds. The molecule has 0 unspecified atom stereocenters. The zero-order valence-corrected chi connectivity index (χ0v) is 24.2. The van der Waals surface area contributed by atoms with Gasteiger partial charge in [0, 0.05) is 30.5 Å². The summed E-state index contributed by atoms with van der Waals surface area (Å²) >= 11 is 0. The Bertz CT molecular complexity index is 1120. The standard InChI is InChI=1S/C32H46N2O4S/c35-30(38-22-32-18-23-15-24(19-32)17-25(16-23)20-32)12-4-11-29-28-10-6-14-33-13-5-7-26(31(28)33)21-34(29)39(36,37)27-8-2-1-3-9-27/h1-3,8-9,23-26,28-29,31H,4-7,10-22H2/t23?,24?,25?,26-,28+,29+,31-,32?/m0/s1. The van der Waals surface area contributed by atoms with Crippen molar-refractivity contribution in [1.29, 1.82) is 0 Å². The minimum atomic E-state index is -3.59. The molecule has 4 saturated carbocycles. The minimum absolute atomic E-state index is 0.0479. The maximum absolute atomic E-state index is 14.0. The van der Waals surface area contributed by atoms with E-state index in [0.29, 0.717) is 48.8 Å². The van der Waals surface area contributed by atoms with Crippen molar-refractivity contribution in [3.8, 4) is 0 Å². The van der Waals surface area contributed by atoms with Crippen LogP contribution in [-0.2, 0) is 19.6 Å². The molecule has 0 aromatic heterocycles. The first-order chi connectivity index (χ1) is 18.9. The zero-order chi connectivity index (χ0) is 26.6. The van der Waals surface area contributed by atoms with E-state index in [1.54, 1.807) is 12.1 Å². The van der Waals surface area contributed by atoms with E-state index >= 15 is 0 Å². The highest BCUT2D eigenvalue weighted by molar-refractivity contribution is 7.89.